The number of carbonyl (C=O) groups excluding carboxylic acids is 1. The molecule has 1 aromatic heterocycles. The Morgan fingerprint density at radius 2 is 1.86 bits per heavy atom. The van der Waals surface area contributed by atoms with Gasteiger partial charge in [-0.15, -0.1) is 0 Å². The largest absolute Gasteiger partial charge is 0.452 e. The fourth-order valence-electron chi connectivity index (χ4n) is 2.42. The Balaban J connectivity index is 1.59. The number of nitrogens with one attached hydrogen (secondary N) is 1. The van der Waals surface area contributed by atoms with Crippen LogP contribution in [0.5, 0.6) is 0 Å². The first-order valence-electron chi connectivity index (χ1n) is 8.63. The molecule has 0 saturated carbocycles. The number of rotatable bonds is 8. The highest BCUT2D eigenvalue weighted by atomic mass is 32.2. The molecule has 1 heterocycles. The second-order valence-electron chi connectivity index (χ2n) is 5.89. The van der Waals surface area contributed by atoms with Gasteiger partial charge in [-0.2, -0.15) is 5.26 Å². The van der Waals surface area contributed by atoms with Crippen molar-refractivity contribution in [2.24, 2.45) is 0 Å². The molecule has 0 radical (unpaired) electrons. The molecular formula is C20H17N3O5S. The number of hydrogen-bond donors (Lipinski definition) is 1. The lowest BCUT2D eigenvalue weighted by molar-refractivity contribution is 0.0439. The summed E-state index contributed by atoms with van der Waals surface area (Å²) in [4.78, 5) is 16.3. The topological polar surface area (TPSA) is 122 Å². The molecule has 1 N–H and O–H groups in total. The number of nitrogens with zero attached hydrogens (tertiary/aromatic N) is 2. The van der Waals surface area contributed by atoms with E-state index < -0.39 is 16.0 Å². The summed E-state index contributed by atoms with van der Waals surface area (Å²) in [5.74, 6) is 0.180. The summed E-state index contributed by atoms with van der Waals surface area (Å²) in [6, 6.07) is 16.5. The molecule has 3 aromatic rings. The van der Waals surface area contributed by atoms with Crippen LogP contribution in [-0.2, 0) is 21.4 Å². The third-order valence-electron chi connectivity index (χ3n) is 3.87. The van der Waals surface area contributed by atoms with Crippen LogP contribution in [0.2, 0.25) is 0 Å². The molecule has 0 aliphatic heterocycles. The van der Waals surface area contributed by atoms with Crippen molar-refractivity contribution in [1.82, 2.24) is 9.71 Å². The van der Waals surface area contributed by atoms with Gasteiger partial charge in [-0.3, -0.25) is 0 Å². The lowest BCUT2D eigenvalue weighted by Gasteiger charge is -2.06. The van der Waals surface area contributed by atoms with Crippen LogP contribution in [0.25, 0.3) is 11.3 Å². The molecule has 0 atom stereocenters. The average molecular weight is 411 g/mol. The van der Waals surface area contributed by atoms with Crippen LogP contribution in [-0.4, -0.2) is 25.9 Å². The summed E-state index contributed by atoms with van der Waals surface area (Å²) in [5.41, 5.74) is 1.05. The van der Waals surface area contributed by atoms with Gasteiger partial charge < -0.3 is 9.15 Å². The van der Waals surface area contributed by atoms with Crippen molar-refractivity contribution in [3.8, 4) is 17.4 Å². The minimum atomic E-state index is -3.73. The minimum Gasteiger partial charge on any atom is -0.452 e. The molecule has 9 heteroatoms. The first kappa shape index (κ1) is 20.3. The fourth-order valence-corrected chi connectivity index (χ4v) is 3.45. The zero-order valence-corrected chi connectivity index (χ0v) is 16.1. The number of carbonyl (C=O) groups is 1. The van der Waals surface area contributed by atoms with Gasteiger partial charge in [-0.1, -0.05) is 30.3 Å². The van der Waals surface area contributed by atoms with Gasteiger partial charge in [-0.05, 0) is 24.3 Å². The van der Waals surface area contributed by atoms with E-state index in [4.69, 9.17) is 14.4 Å². The van der Waals surface area contributed by atoms with E-state index in [0.29, 0.717) is 5.76 Å². The Morgan fingerprint density at radius 3 is 2.55 bits per heavy atom. The van der Waals surface area contributed by atoms with Gasteiger partial charge in [0.05, 0.1) is 22.7 Å². The maximum Gasteiger partial charge on any atom is 0.338 e. The second-order valence-corrected chi connectivity index (χ2v) is 7.66. The first-order chi connectivity index (χ1) is 14.0. The summed E-state index contributed by atoms with van der Waals surface area (Å²) in [6.07, 6.45) is 1.62. The zero-order valence-electron chi connectivity index (χ0n) is 15.2. The monoisotopic (exact) mass is 411 g/mol. The van der Waals surface area contributed by atoms with E-state index in [-0.39, 0.29) is 35.9 Å². The standard InChI is InChI=1S/C20H17N3O5S/c21-11-4-12-23-29(25,26)17-9-7-16(8-10-17)20(24)27-14-19-22-13-18(28-19)15-5-2-1-3-6-15/h1-3,5-10,13,23H,4,12,14H2. The minimum absolute atomic E-state index is 0.00723. The van der Waals surface area contributed by atoms with Gasteiger partial charge in [0.2, 0.25) is 15.9 Å². The molecule has 0 aliphatic carbocycles. The molecule has 148 valence electrons. The van der Waals surface area contributed by atoms with Gasteiger partial charge in [0.25, 0.3) is 0 Å². The molecule has 2 aromatic carbocycles. The van der Waals surface area contributed by atoms with Crippen molar-refractivity contribution in [3.63, 3.8) is 0 Å². The number of aromatic nitrogens is 1. The summed E-state index contributed by atoms with van der Waals surface area (Å²) in [5, 5.41) is 8.48. The average Bonchev–Trinajstić information content (AvgIpc) is 3.22. The lowest BCUT2D eigenvalue weighted by atomic mass is 10.2. The number of oxazole rings is 1. The van der Waals surface area contributed by atoms with E-state index in [1.807, 2.05) is 36.4 Å². The quantitative estimate of drug-likeness (QED) is 0.447. The Labute approximate surface area is 167 Å². The number of benzene rings is 2. The van der Waals surface area contributed by atoms with Gasteiger partial charge in [-0.25, -0.2) is 22.9 Å². The SMILES string of the molecule is N#CCCNS(=O)(=O)c1ccc(C(=O)OCc2ncc(-c3ccccc3)o2)cc1. The smallest absolute Gasteiger partial charge is 0.338 e. The molecule has 0 spiro atoms. The molecule has 0 fully saturated rings. The van der Waals surface area contributed by atoms with E-state index >= 15 is 0 Å². The fraction of sp³-hybridized carbons (Fsp3) is 0.150. The number of esters is 1. The van der Waals surface area contributed by atoms with E-state index in [1.54, 1.807) is 6.20 Å². The van der Waals surface area contributed by atoms with Crippen LogP contribution in [0.4, 0.5) is 0 Å². The summed E-state index contributed by atoms with van der Waals surface area (Å²) in [7, 11) is -3.73. The van der Waals surface area contributed by atoms with Crippen LogP contribution in [0.1, 0.15) is 22.7 Å². The number of sulfonamides is 1. The third-order valence-corrected chi connectivity index (χ3v) is 5.34. The third kappa shape index (κ3) is 5.28. The van der Waals surface area contributed by atoms with Crippen molar-refractivity contribution in [3.05, 3.63) is 72.2 Å². The molecular weight excluding hydrogens is 394 g/mol. The second kappa shape index (κ2) is 9.14. The van der Waals surface area contributed by atoms with Gasteiger partial charge in [0.15, 0.2) is 12.4 Å². The van der Waals surface area contributed by atoms with Crippen molar-refractivity contribution < 1.29 is 22.4 Å². The molecule has 0 amide bonds. The number of nitriles is 1. The van der Waals surface area contributed by atoms with Gasteiger partial charge in [0, 0.05) is 18.5 Å². The van der Waals surface area contributed by atoms with Crippen molar-refractivity contribution >= 4 is 16.0 Å². The van der Waals surface area contributed by atoms with E-state index in [1.165, 1.54) is 24.3 Å². The summed E-state index contributed by atoms with van der Waals surface area (Å²) < 4.78 is 37.2. The van der Waals surface area contributed by atoms with Crippen LogP contribution in [0.3, 0.4) is 0 Å². The summed E-state index contributed by atoms with van der Waals surface area (Å²) >= 11 is 0. The molecule has 8 nitrogen and oxygen atoms in total. The van der Waals surface area contributed by atoms with E-state index in [0.717, 1.165) is 5.56 Å². The lowest BCUT2D eigenvalue weighted by Crippen LogP contribution is -2.24. The van der Waals surface area contributed by atoms with Crippen molar-refractivity contribution in [2.45, 2.75) is 17.9 Å². The highest BCUT2D eigenvalue weighted by molar-refractivity contribution is 7.89. The van der Waals surface area contributed by atoms with Gasteiger partial charge in [0.1, 0.15) is 0 Å². The molecule has 0 aliphatic rings. The normalized spacial score (nSPS) is 11.0. The van der Waals surface area contributed by atoms with Crippen LogP contribution in [0.15, 0.2) is 70.1 Å². The maximum atomic E-state index is 12.2. The highest BCUT2D eigenvalue weighted by Gasteiger charge is 2.16. The Hall–Kier alpha value is -3.48. The van der Waals surface area contributed by atoms with Crippen LogP contribution >= 0.6 is 0 Å². The number of ether oxygens (including phenoxy) is 1. The molecule has 0 bridgehead atoms. The van der Waals surface area contributed by atoms with E-state index in [2.05, 4.69) is 9.71 Å². The molecule has 0 unspecified atom stereocenters. The maximum absolute atomic E-state index is 12.2. The van der Waals surface area contributed by atoms with Crippen LogP contribution < -0.4 is 4.72 Å². The highest BCUT2D eigenvalue weighted by Crippen LogP contribution is 2.20. The Morgan fingerprint density at radius 1 is 1.14 bits per heavy atom. The predicted molar refractivity (Wildman–Crippen MR) is 103 cm³/mol. The number of hydrogen-bond acceptors (Lipinski definition) is 7. The Bertz CT molecular complexity index is 1120. The van der Waals surface area contributed by atoms with E-state index in [9.17, 15) is 13.2 Å². The summed E-state index contributed by atoms with van der Waals surface area (Å²) in [6.45, 7) is -0.134. The first-order valence-corrected chi connectivity index (χ1v) is 10.1. The Kier molecular flexibility index (Phi) is 6.39. The zero-order chi connectivity index (χ0) is 20.7. The van der Waals surface area contributed by atoms with Gasteiger partial charge >= 0.3 is 5.97 Å². The van der Waals surface area contributed by atoms with Crippen molar-refractivity contribution in [1.29, 1.82) is 5.26 Å². The van der Waals surface area contributed by atoms with Crippen LogP contribution in [0, 0.1) is 11.3 Å². The molecule has 3 rings (SSSR count). The molecule has 29 heavy (non-hydrogen) atoms. The molecule has 0 saturated heterocycles. The van der Waals surface area contributed by atoms with Crippen molar-refractivity contribution in [2.75, 3.05) is 6.54 Å². The predicted octanol–water partition coefficient (Wildman–Crippen LogP) is 2.89.